The number of anilines is 2. The van der Waals surface area contributed by atoms with Gasteiger partial charge in [-0.25, -0.2) is 4.68 Å². The molecule has 0 radical (unpaired) electrons. The number of allylic oxidation sites excluding steroid dienone is 1. The number of morpholine rings is 1. The normalized spacial score (nSPS) is 14.4. The lowest BCUT2D eigenvalue weighted by Crippen LogP contribution is -2.37. The van der Waals surface area contributed by atoms with E-state index in [2.05, 4.69) is 21.4 Å². The largest absolute Gasteiger partial charge is 0.378 e. The minimum Gasteiger partial charge on any atom is -0.378 e. The van der Waals surface area contributed by atoms with E-state index in [1.165, 1.54) is 12.1 Å². The predicted molar refractivity (Wildman–Crippen MR) is 120 cm³/mol. The number of para-hydroxylation sites is 3. The zero-order chi connectivity index (χ0) is 20.8. The molecule has 152 valence electrons. The highest BCUT2D eigenvalue weighted by Gasteiger charge is 2.17. The van der Waals surface area contributed by atoms with Crippen molar-refractivity contribution in [3.63, 3.8) is 0 Å². The van der Waals surface area contributed by atoms with Gasteiger partial charge >= 0.3 is 0 Å². The monoisotopic (exact) mass is 401 g/mol. The summed E-state index contributed by atoms with van der Waals surface area (Å²) < 4.78 is 7.19. The van der Waals surface area contributed by atoms with E-state index in [0.717, 1.165) is 36.4 Å². The van der Waals surface area contributed by atoms with E-state index >= 15 is 0 Å². The number of rotatable bonds is 6. The lowest BCUT2D eigenvalue weighted by molar-refractivity contribution is 0.122. The van der Waals surface area contributed by atoms with Crippen LogP contribution in [0.3, 0.4) is 0 Å². The lowest BCUT2D eigenvalue weighted by Gasteiger charge is -2.30. The Hall–Kier alpha value is -3.71. The maximum atomic E-state index is 12.6. The fourth-order valence-electron chi connectivity index (χ4n) is 3.40. The maximum absolute atomic E-state index is 12.6. The van der Waals surface area contributed by atoms with Crippen LogP contribution in [-0.2, 0) is 4.74 Å². The highest BCUT2D eigenvalue weighted by molar-refractivity contribution is 5.86. The molecule has 4 rings (SSSR count). The van der Waals surface area contributed by atoms with Gasteiger partial charge in [0.2, 0.25) is 5.43 Å². The standard InChI is InChI=1S/C23H23N5O2/c24-12-10-19(25-18-6-2-1-3-7-18)23-22(29)11-13-28(26-23)21-9-5-4-8-20(21)27-14-16-30-17-15-27/h1-13,24-25H,14-17H2/b19-10-,24-12?. The molecule has 7 heteroatoms. The van der Waals surface area contributed by atoms with Crippen molar-refractivity contribution in [2.24, 2.45) is 0 Å². The Morgan fingerprint density at radius 3 is 2.43 bits per heavy atom. The number of benzene rings is 2. The van der Waals surface area contributed by atoms with Gasteiger partial charge in [0.05, 0.1) is 30.3 Å². The minimum atomic E-state index is -0.216. The number of aromatic nitrogens is 2. The molecule has 1 aliphatic heterocycles. The average Bonchev–Trinajstić information content (AvgIpc) is 2.80. The SMILES string of the molecule is N=C/C=C(\Nc1ccccc1)c1nn(-c2ccccc2N2CCOCC2)ccc1=O. The van der Waals surface area contributed by atoms with Crippen molar-refractivity contribution in [1.82, 2.24) is 9.78 Å². The van der Waals surface area contributed by atoms with Crippen LogP contribution in [-0.4, -0.2) is 42.3 Å². The molecule has 1 aromatic heterocycles. The van der Waals surface area contributed by atoms with Crippen LogP contribution in [0.5, 0.6) is 0 Å². The predicted octanol–water partition coefficient (Wildman–Crippen LogP) is 3.17. The van der Waals surface area contributed by atoms with Crippen LogP contribution >= 0.6 is 0 Å². The summed E-state index contributed by atoms with van der Waals surface area (Å²) in [5.41, 5.74) is 3.25. The van der Waals surface area contributed by atoms with Gasteiger partial charge in [-0.1, -0.05) is 30.3 Å². The summed E-state index contributed by atoms with van der Waals surface area (Å²) >= 11 is 0. The molecule has 0 aliphatic carbocycles. The fourth-order valence-corrected chi connectivity index (χ4v) is 3.40. The van der Waals surface area contributed by atoms with Gasteiger partial charge in [-0.2, -0.15) is 5.10 Å². The fraction of sp³-hybridized carbons (Fsp3) is 0.174. The molecule has 30 heavy (non-hydrogen) atoms. The summed E-state index contributed by atoms with van der Waals surface area (Å²) in [5.74, 6) is 0. The molecule has 1 saturated heterocycles. The molecule has 0 spiro atoms. The molecule has 0 atom stereocenters. The summed E-state index contributed by atoms with van der Waals surface area (Å²) in [7, 11) is 0. The number of nitrogens with one attached hydrogen (secondary N) is 2. The summed E-state index contributed by atoms with van der Waals surface area (Å²) in [6, 6.07) is 19.0. The van der Waals surface area contributed by atoms with Crippen molar-refractivity contribution in [1.29, 1.82) is 5.41 Å². The lowest BCUT2D eigenvalue weighted by atomic mass is 10.2. The van der Waals surface area contributed by atoms with Gasteiger partial charge < -0.3 is 20.4 Å². The number of ether oxygens (including phenoxy) is 1. The molecular weight excluding hydrogens is 378 g/mol. The van der Waals surface area contributed by atoms with Crippen molar-refractivity contribution >= 4 is 23.3 Å². The Labute approximate surface area is 174 Å². The van der Waals surface area contributed by atoms with Crippen LogP contribution in [0, 0.1) is 5.41 Å². The summed E-state index contributed by atoms with van der Waals surface area (Å²) in [5, 5.41) is 15.3. The van der Waals surface area contributed by atoms with Gasteiger partial charge in [-0.05, 0) is 30.3 Å². The molecule has 0 bridgehead atoms. The number of nitrogens with zero attached hydrogens (tertiary/aromatic N) is 3. The molecule has 2 aromatic carbocycles. The third kappa shape index (κ3) is 4.31. The smallest absolute Gasteiger partial charge is 0.209 e. The van der Waals surface area contributed by atoms with Gasteiger partial charge in [-0.3, -0.25) is 4.79 Å². The van der Waals surface area contributed by atoms with E-state index in [0.29, 0.717) is 18.9 Å². The van der Waals surface area contributed by atoms with E-state index < -0.39 is 0 Å². The van der Waals surface area contributed by atoms with Gasteiger partial charge in [-0.15, -0.1) is 0 Å². The summed E-state index contributed by atoms with van der Waals surface area (Å²) in [6.07, 6.45) is 4.36. The van der Waals surface area contributed by atoms with Crippen LogP contribution in [0.25, 0.3) is 11.4 Å². The first-order valence-electron chi connectivity index (χ1n) is 9.81. The second kappa shape index (κ2) is 9.19. The van der Waals surface area contributed by atoms with Gasteiger partial charge in [0.1, 0.15) is 0 Å². The zero-order valence-corrected chi connectivity index (χ0v) is 16.5. The van der Waals surface area contributed by atoms with Crippen LogP contribution in [0.15, 0.2) is 77.7 Å². The first-order valence-corrected chi connectivity index (χ1v) is 9.81. The Morgan fingerprint density at radius 1 is 1.00 bits per heavy atom. The van der Waals surface area contributed by atoms with E-state index in [-0.39, 0.29) is 11.1 Å². The minimum absolute atomic E-state index is 0.216. The van der Waals surface area contributed by atoms with E-state index in [9.17, 15) is 4.79 Å². The molecular formula is C23H23N5O2. The van der Waals surface area contributed by atoms with Crippen molar-refractivity contribution in [2.45, 2.75) is 0 Å². The summed E-state index contributed by atoms with van der Waals surface area (Å²) in [6.45, 7) is 2.98. The number of hydrogen-bond donors (Lipinski definition) is 2. The average molecular weight is 401 g/mol. The third-order valence-corrected chi connectivity index (χ3v) is 4.85. The first kappa shape index (κ1) is 19.6. The van der Waals surface area contributed by atoms with Gasteiger partial charge in [0.15, 0.2) is 5.69 Å². The number of hydrogen-bond acceptors (Lipinski definition) is 6. The highest BCUT2D eigenvalue weighted by Crippen LogP contribution is 2.25. The van der Waals surface area contributed by atoms with Crippen LogP contribution < -0.4 is 15.6 Å². The molecule has 0 saturated carbocycles. The highest BCUT2D eigenvalue weighted by atomic mass is 16.5. The first-order chi connectivity index (χ1) is 14.8. The molecule has 0 amide bonds. The Morgan fingerprint density at radius 2 is 1.70 bits per heavy atom. The molecule has 7 nitrogen and oxygen atoms in total. The second-order valence-electron chi connectivity index (χ2n) is 6.80. The zero-order valence-electron chi connectivity index (χ0n) is 16.5. The Balaban J connectivity index is 1.74. The van der Waals surface area contributed by atoms with Crippen LogP contribution in [0.1, 0.15) is 5.69 Å². The van der Waals surface area contributed by atoms with E-state index in [1.807, 2.05) is 48.5 Å². The van der Waals surface area contributed by atoms with Crippen molar-refractivity contribution in [3.05, 3.63) is 88.9 Å². The van der Waals surface area contributed by atoms with Gasteiger partial charge in [0.25, 0.3) is 0 Å². The molecule has 1 aliphatic rings. The maximum Gasteiger partial charge on any atom is 0.209 e. The third-order valence-electron chi connectivity index (χ3n) is 4.85. The van der Waals surface area contributed by atoms with Crippen molar-refractivity contribution < 1.29 is 4.74 Å². The van der Waals surface area contributed by atoms with Crippen molar-refractivity contribution in [3.8, 4) is 5.69 Å². The Bertz CT molecular complexity index is 1100. The van der Waals surface area contributed by atoms with Gasteiger partial charge in [0, 0.05) is 37.3 Å². The molecule has 2 heterocycles. The van der Waals surface area contributed by atoms with E-state index in [1.54, 1.807) is 10.9 Å². The van der Waals surface area contributed by atoms with Crippen molar-refractivity contribution in [2.75, 3.05) is 36.5 Å². The topological polar surface area (TPSA) is 83.2 Å². The van der Waals surface area contributed by atoms with Crippen LogP contribution in [0.4, 0.5) is 11.4 Å². The molecule has 1 fully saturated rings. The summed E-state index contributed by atoms with van der Waals surface area (Å²) in [4.78, 5) is 14.9. The molecule has 2 N–H and O–H groups in total. The second-order valence-corrected chi connectivity index (χ2v) is 6.80. The Kier molecular flexibility index (Phi) is 6.01. The van der Waals surface area contributed by atoms with E-state index in [4.69, 9.17) is 10.1 Å². The molecule has 3 aromatic rings. The van der Waals surface area contributed by atoms with Crippen LogP contribution in [0.2, 0.25) is 0 Å². The quantitative estimate of drug-likeness (QED) is 0.620. The molecule has 0 unspecified atom stereocenters.